The standard InChI is InChI=1S/C9H14NO3P/c10-14(11,12)7-6-13-8-9-4-2-1-3-5-9/h1-5H,6-8H2,(H3,10,11,12). The lowest BCUT2D eigenvalue weighted by atomic mass is 10.2. The molecule has 78 valence electrons. The van der Waals surface area contributed by atoms with E-state index in [4.69, 9.17) is 15.1 Å². The maximum atomic E-state index is 10.7. The minimum Gasteiger partial charge on any atom is -0.376 e. The van der Waals surface area contributed by atoms with E-state index in [2.05, 4.69) is 0 Å². The van der Waals surface area contributed by atoms with Gasteiger partial charge in [0.2, 0.25) is 0 Å². The molecule has 1 unspecified atom stereocenters. The SMILES string of the molecule is NP(=O)(O)CCOCc1ccccc1. The van der Waals surface area contributed by atoms with Gasteiger partial charge < -0.3 is 9.63 Å². The zero-order chi connectivity index (χ0) is 10.4. The van der Waals surface area contributed by atoms with Crippen molar-refractivity contribution in [2.45, 2.75) is 6.61 Å². The zero-order valence-electron chi connectivity index (χ0n) is 7.80. The van der Waals surface area contributed by atoms with Gasteiger partial charge in [-0.3, -0.25) is 10.1 Å². The summed E-state index contributed by atoms with van der Waals surface area (Å²) in [5.41, 5.74) is 5.99. The monoisotopic (exact) mass is 215 g/mol. The van der Waals surface area contributed by atoms with Crippen LogP contribution in [0.4, 0.5) is 0 Å². The van der Waals surface area contributed by atoms with Crippen molar-refractivity contribution < 1.29 is 14.2 Å². The Morgan fingerprint density at radius 2 is 2.00 bits per heavy atom. The molecule has 0 heterocycles. The molecule has 1 rings (SSSR count). The van der Waals surface area contributed by atoms with Crippen LogP contribution in [0.2, 0.25) is 0 Å². The summed E-state index contributed by atoms with van der Waals surface area (Å²) in [5, 5.41) is 0. The highest BCUT2D eigenvalue weighted by Crippen LogP contribution is 2.28. The summed E-state index contributed by atoms with van der Waals surface area (Å²) in [6, 6.07) is 9.62. The van der Waals surface area contributed by atoms with Crippen LogP contribution in [0.1, 0.15) is 5.56 Å². The zero-order valence-corrected chi connectivity index (χ0v) is 8.69. The second kappa shape index (κ2) is 5.27. The predicted molar refractivity (Wildman–Crippen MR) is 55.0 cm³/mol. The highest BCUT2D eigenvalue weighted by Gasteiger charge is 2.09. The predicted octanol–water partition coefficient (Wildman–Crippen LogP) is 1.35. The minimum absolute atomic E-state index is 0.000165. The molecule has 0 fully saturated rings. The first kappa shape index (κ1) is 11.4. The first-order valence-electron chi connectivity index (χ1n) is 4.30. The summed E-state index contributed by atoms with van der Waals surface area (Å²) < 4.78 is 15.9. The Morgan fingerprint density at radius 1 is 1.36 bits per heavy atom. The van der Waals surface area contributed by atoms with Gasteiger partial charge in [-0.1, -0.05) is 30.3 Å². The van der Waals surface area contributed by atoms with Crippen LogP contribution in [-0.2, 0) is 15.9 Å². The minimum atomic E-state index is -3.41. The van der Waals surface area contributed by atoms with Crippen molar-refractivity contribution in [2.24, 2.45) is 5.50 Å². The fourth-order valence-electron chi connectivity index (χ4n) is 0.960. The fourth-order valence-corrected chi connectivity index (χ4v) is 1.35. The molecule has 0 spiro atoms. The Kier molecular flexibility index (Phi) is 4.29. The Hall–Kier alpha value is -0.670. The average molecular weight is 215 g/mol. The van der Waals surface area contributed by atoms with Crippen molar-refractivity contribution in [1.29, 1.82) is 0 Å². The van der Waals surface area contributed by atoms with Crippen molar-refractivity contribution in [3.8, 4) is 0 Å². The molecular weight excluding hydrogens is 201 g/mol. The van der Waals surface area contributed by atoms with Crippen LogP contribution in [0.25, 0.3) is 0 Å². The average Bonchev–Trinajstić information content (AvgIpc) is 2.13. The third kappa shape index (κ3) is 5.14. The van der Waals surface area contributed by atoms with Crippen molar-refractivity contribution in [1.82, 2.24) is 0 Å². The van der Waals surface area contributed by atoms with E-state index in [1.54, 1.807) is 0 Å². The van der Waals surface area contributed by atoms with Crippen LogP contribution in [0.3, 0.4) is 0 Å². The molecule has 0 saturated carbocycles. The summed E-state index contributed by atoms with van der Waals surface area (Å²) in [4.78, 5) is 8.77. The fraction of sp³-hybridized carbons (Fsp3) is 0.333. The molecule has 5 heteroatoms. The van der Waals surface area contributed by atoms with Gasteiger partial charge in [0.1, 0.15) is 0 Å². The molecule has 0 radical (unpaired) electrons. The molecule has 3 N–H and O–H groups in total. The van der Waals surface area contributed by atoms with Gasteiger partial charge in [-0.05, 0) is 5.56 Å². The third-order valence-electron chi connectivity index (χ3n) is 1.67. The molecule has 0 saturated heterocycles. The molecule has 14 heavy (non-hydrogen) atoms. The topological polar surface area (TPSA) is 72.6 Å². The second-order valence-corrected chi connectivity index (χ2v) is 4.98. The molecule has 1 atom stereocenters. The van der Waals surface area contributed by atoms with E-state index in [0.29, 0.717) is 6.61 Å². The molecule has 1 aromatic rings. The first-order valence-corrected chi connectivity index (χ1v) is 6.21. The van der Waals surface area contributed by atoms with Gasteiger partial charge in [-0.2, -0.15) is 0 Å². The second-order valence-electron chi connectivity index (χ2n) is 3.02. The molecular formula is C9H14NO3P. The van der Waals surface area contributed by atoms with Gasteiger partial charge in [-0.25, -0.2) is 0 Å². The van der Waals surface area contributed by atoms with E-state index in [1.807, 2.05) is 30.3 Å². The highest BCUT2D eigenvalue weighted by atomic mass is 31.2. The lowest BCUT2D eigenvalue weighted by molar-refractivity contribution is 0.134. The van der Waals surface area contributed by atoms with Gasteiger partial charge in [-0.15, -0.1) is 0 Å². The van der Waals surface area contributed by atoms with Crippen LogP contribution in [-0.4, -0.2) is 17.7 Å². The molecule has 4 nitrogen and oxygen atoms in total. The Labute approximate surface area is 83.2 Å². The molecule has 1 aromatic carbocycles. The molecule has 0 aromatic heterocycles. The lowest BCUT2D eigenvalue weighted by Crippen LogP contribution is -2.05. The summed E-state index contributed by atoms with van der Waals surface area (Å²) in [6.45, 7) is 0.653. The van der Waals surface area contributed by atoms with E-state index >= 15 is 0 Å². The van der Waals surface area contributed by atoms with E-state index in [9.17, 15) is 4.57 Å². The Balaban J connectivity index is 2.20. The number of hydrogen-bond acceptors (Lipinski definition) is 2. The van der Waals surface area contributed by atoms with Gasteiger partial charge in [0, 0.05) is 0 Å². The number of rotatable bonds is 5. The van der Waals surface area contributed by atoms with Crippen molar-refractivity contribution in [3.63, 3.8) is 0 Å². The van der Waals surface area contributed by atoms with Gasteiger partial charge in [0.05, 0.1) is 19.4 Å². The van der Waals surface area contributed by atoms with Gasteiger partial charge >= 0.3 is 0 Å². The summed E-state index contributed by atoms with van der Waals surface area (Å²) >= 11 is 0. The van der Waals surface area contributed by atoms with Gasteiger partial charge in [0.25, 0.3) is 7.52 Å². The summed E-state index contributed by atoms with van der Waals surface area (Å²) in [7, 11) is -3.41. The molecule has 0 bridgehead atoms. The van der Waals surface area contributed by atoms with Gasteiger partial charge in [0.15, 0.2) is 0 Å². The molecule has 0 aliphatic heterocycles. The normalized spacial score (nSPS) is 15.0. The molecule has 0 aliphatic rings. The Bertz CT molecular complexity index is 309. The number of ether oxygens (including phenoxy) is 1. The van der Waals surface area contributed by atoms with Crippen molar-refractivity contribution >= 4 is 7.52 Å². The first-order chi connectivity index (χ1) is 6.58. The third-order valence-corrected chi connectivity index (χ3v) is 2.49. The smallest absolute Gasteiger partial charge is 0.266 e. The number of benzene rings is 1. The Morgan fingerprint density at radius 3 is 2.57 bits per heavy atom. The van der Waals surface area contributed by atoms with Crippen LogP contribution < -0.4 is 5.50 Å². The largest absolute Gasteiger partial charge is 0.376 e. The van der Waals surface area contributed by atoms with Crippen LogP contribution in [0, 0.1) is 0 Å². The van der Waals surface area contributed by atoms with E-state index in [0.717, 1.165) is 5.56 Å². The molecule has 0 aliphatic carbocycles. The summed E-state index contributed by atoms with van der Waals surface area (Å²) in [5.74, 6) is 0. The van der Waals surface area contributed by atoms with E-state index < -0.39 is 7.52 Å². The van der Waals surface area contributed by atoms with Crippen molar-refractivity contribution in [3.05, 3.63) is 35.9 Å². The van der Waals surface area contributed by atoms with E-state index in [1.165, 1.54) is 0 Å². The van der Waals surface area contributed by atoms with Crippen molar-refractivity contribution in [2.75, 3.05) is 12.8 Å². The van der Waals surface area contributed by atoms with Crippen LogP contribution in [0.5, 0.6) is 0 Å². The quantitative estimate of drug-likeness (QED) is 0.574. The maximum Gasteiger partial charge on any atom is 0.266 e. The number of hydrogen-bond donors (Lipinski definition) is 2. The lowest BCUT2D eigenvalue weighted by Gasteiger charge is -2.06. The van der Waals surface area contributed by atoms with Crippen LogP contribution in [0.15, 0.2) is 30.3 Å². The highest BCUT2D eigenvalue weighted by molar-refractivity contribution is 7.55. The number of nitrogens with two attached hydrogens (primary N) is 1. The maximum absolute atomic E-state index is 10.7. The van der Waals surface area contributed by atoms with Crippen LogP contribution >= 0.6 is 7.52 Å². The summed E-state index contributed by atoms with van der Waals surface area (Å²) in [6.07, 6.45) is -0.000165. The molecule has 0 amide bonds. The van der Waals surface area contributed by atoms with E-state index in [-0.39, 0.29) is 12.8 Å².